The number of halogens is 2. The van der Waals surface area contributed by atoms with Crippen molar-refractivity contribution in [2.45, 2.75) is 0 Å². The molecular weight excluding hydrogens is 288 g/mol. The average molecular weight is 303 g/mol. The number of carboxylic acids is 1. The standard InChI is InChI=1S/C13H15F2NO5/c1-20-4-5-21-3-2-16-12(17)8-6-10(14)11(15)7-9(8)13(18)19/h6-7H,2-5H2,1H3,(H,16,17)(H,18,19). The molecule has 0 atom stereocenters. The number of carbonyl (C=O) groups is 2. The molecule has 1 amide bonds. The fourth-order valence-electron chi connectivity index (χ4n) is 1.49. The Morgan fingerprint density at radius 1 is 1.14 bits per heavy atom. The number of carboxylic acid groups (broad SMARTS) is 1. The van der Waals surface area contributed by atoms with Crippen molar-refractivity contribution in [2.75, 3.05) is 33.5 Å². The lowest BCUT2D eigenvalue weighted by Gasteiger charge is -2.09. The predicted octanol–water partition coefficient (Wildman–Crippen LogP) is 1.06. The highest BCUT2D eigenvalue weighted by molar-refractivity contribution is 6.04. The van der Waals surface area contributed by atoms with Gasteiger partial charge in [-0.05, 0) is 12.1 Å². The van der Waals surface area contributed by atoms with E-state index in [9.17, 15) is 18.4 Å². The Morgan fingerprint density at radius 2 is 1.76 bits per heavy atom. The van der Waals surface area contributed by atoms with Gasteiger partial charge in [-0.1, -0.05) is 0 Å². The molecule has 0 heterocycles. The first-order valence-corrected chi connectivity index (χ1v) is 6.04. The average Bonchev–Trinajstić information content (AvgIpc) is 2.44. The summed E-state index contributed by atoms with van der Waals surface area (Å²) in [5.74, 6) is -4.95. The molecule has 0 aliphatic heterocycles. The molecule has 0 aromatic heterocycles. The number of hydrogen-bond acceptors (Lipinski definition) is 4. The zero-order valence-electron chi connectivity index (χ0n) is 11.3. The minimum atomic E-state index is -1.52. The van der Waals surface area contributed by atoms with E-state index >= 15 is 0 Å². The first-order chi connectivity index (χ1) is 9.97. The summed E-state index contributed by atoms with van der Waals surface area (Å²) < 4.78 is 36.0. The number of aromatic carboxylic acids is 1. The summed E-state index contributed by atoms with van der Waals surface area (Å²) >= 11 is 0. The van der Waals surface area contributed by atoms with Crippen LogP contribution in [0.2, 0.25) is 0 Å². The third-order valence-electron chi connectivity index (χ3n) is 2.50. The Labute approximate surface area is 119 Å². The normalized spacial score (nSPS) is 10.4. The van der Waals surface area contributed by atoms with E-state index in [1.807, 2.05) is 0 Å². The number of methoxy groups -OCH3 is 1. The van der Waals surface area contributed by atoms with Crippen molar-refractivity contribution in [3.8, 4) is 0 Å². The Bertz CT molecular complexity index is 522. The molecule has 2 N–H and O–H groups in total. The van der Waals surface area contributed by atoms with Crippen molar-refractivity contribution < 1.29 is 33.0 Å². The van der Waals surface area contributed by atoms with Crippen LogP contribution >= 0.6 is 0 Å². The van der Waals surface area contributed by atoms with Gasteiger partial charge in [0.15, 0.2) is 11.6 Å². The van der Waals surface area contributed by atoms with Gasteiger partial charge in [-0.3, -0.25) is 4.79 Å². The summed E-state index contributed by atoms with van der Waals surface area (Å²) in [5, 5.41) is 11.3. The number of carbonyl (C=O) groups excluding carboxylic acids is 1. The molecule has 0 saturated carbocycles. The number of ether oxygens (including phenoxy) is 2. The molecule has 116 valence electrons. The molecule has 0 bridgehead atoms. The van der Waals surface area contributed by atoms with Gasteiger partial charge < -0.3 is 19.9 Å². The number of benzene rings is 1. The first-order valence-electron chi connectivity index (χ1n) is 6.04. The summed E-state index contributed by atoms with van der Waals surface area (Å²) in [6.07, 6.45) is 0. The maximum atomic E-state index is 13.1. The number of hydrogen-bond donors (Lipinski definition) is 2. The zero-order valence-corrected chi connectivity index (χ0v) is 11.3. The first kappa shape index (κ1) is 17.0. The number of nitrogens with one attached hydrogen (secondary N) is 1. The smallest absolute Gasteiger partial charge is 0.336 e. The van der Waals surface area contributed by atoms with E-state index < -0.39 is 34.6 Å². The van der Waals surface area contributed by atoms with Gasteiger partial charge in [-0.15, -0.1) is 0 Å². The number of amides is 1. The van der Waals surface area contributed by atoms with E-state index in [2.05, 4.69) is 5.32 Å². The quantitative estimate of drug-likeness (QED) is 0.701. The lowest BCUT2D eigenvalue weighted by atomic mass is 10.1. The Kier molecular flexibility index (Phi) is 6.70. The molecule has 6 nitrogen and oxygen atoms in total. The van der Waals surface area contributed by atoms with E-state index in [0.717, 1.165) is 0 Å². The fourth-order valence-corrected chi connectivity index (χ4v) is 1.49. The second-order valence-electron chi connectivity index (χ2n) is 3.98. The minimum absolute atomic E-state index is 0.0978. The molecule has 0 unspecified atom stereocenters. The summed E-state index contributed by atoms with van der Waals surface area (Å²) in [6.45, 7) is 1.03. The lowest BCUT2D eigenvalue weighted by Crippen LogP contribution is -2.29. The Balaban J connectivity index is 2.65. The lowest BCUT2D eigenvalue weighted by molar-refractivity contribution is 0.0676. The third-order valence-corrected chi connectivity index (χ3v) is 2.50. The van der Waals surface area contributed by atoms with Crippen molar-refractivity contribution >= 4 is 11.9 Å². The fraction of sp³-hybridized carbons (Fsp3) is 0.385. The maximum absolute atomic E-state index is 13.1. The van der Waals surface area contributed by atoms with Gasteiger partial charge in [0.25, 0.3) is 5.91 Å². The van der Waals surface area contributed by atoms with Crippen molar-refractivity contribution in [1.82, 2.24) is 5.32 Å². The van der Waals surface area contributed by atoms with E-state index in [1.54, 1.807) is 0 Å². The van der Waals surface area contributed by atoms with Crippen LogP contribution in [0.4, 0.5) is 8.78 Å². The Hall–Kier alpha value is -2.06. The summed E-state index contributed by atoms with van der Waals surface area (Å²) in [4.78, 5) is 22.7. The summed E-state index contributed by atoms with van der Waals surface area (Å²) in [6, 6.07) is 1.03. The van der Waals surface area contributed by atoms with Crippen LogP contribution < -0.4 is 5.32 Å². The molecule has 0 aliphatic carbocycles. The van der Waals surface area contributed by atoms with Crippen LogP contribution in [0.5, 0.6) is 0 Å². The highest BCUT2D eigenvalue weighted by atomic mass is 19.2. The van der Waals surface area contributed by atoms with Gasteiger partial charge in [0.05, 0.1) is 30.9 Å². The van der Waals surface area contributed by atoms with Gasteiger partial charge in [-0.25, -0.2) is 13.6 Å². The molecule has 0 fully saturated rings. The molecule has 1 aromatic rings. The molecule has 1 rings (SSSR count). The highest BCUT2D eigenvalue weighted by Crippen LogP contribution is 2.15. The topological polar surface area (TPSA) is 84.9 Å². The van der Waals surface area contributed by atoms with Crippen LogP contribution in [0.3, 0.4) is 0 Å². The minimum Gasteiger partial charge on any atom is -0.478 e. The van der Waals surface area contributed by atoms with Crippen LogP contribution in [0.25, 0.3) is 0 Å². The molecule has 0 spiro atoms. The van der Waals surface area contributed by atoms with Crippen LogP contribution in [-0.2, 0) is 9.47 Å². The second-order valence-corrected chi connectivity index (χ2v) is 3.98. The van der Waals surface area contributed by atoms with E-state index in [-0.39, 0.29) is 13.2 Å². The second kappa shape index (κ2) is 8.28. The highest BCUT2D eigenvalue weighted by Gasteiger charge is 2.20. The van der Waals surface area contributed by atoms with Crippen molar-refractivity contribution in [2.24, 2.45) is 0 Å². The molecule has 21 heavy (non-hydrogen) atoms. The molecule has 0 aliphatic rings. The van der Waals surface area contributed by atoms with E-state index in [0.29, 0.717) is 25.3 Å². The number of rotatable bonds is 8. The van der Waals surface area contributed by atoms with Crippen LogP contribution in [0.1, 0.15) is 20.7 Å². The van der Waals surface area contributed by atoms with Gasteiger partial charge in [0, 0.05) is 13.7 Å². The van der Waals surface area contributed by atoms with Gasteiger partial charge in [-0.2, -0.15) is 0 Å². The maximum Gasteiger partial charge on any atom is 0.336 e. The van der Waals surface area contributed by atoms with Gasteiger partial charge in [0.2, 0.25) is 0 Å². The van der Waals surface area contributed by atoms with Gasteiger partial charge >= 0.3 is 5.97 Å². The van der Waals surface area contributed by atoms with Crippen molar-refractivity contribution in [1.29, 1.82) is 0 Å². The molecule has 0 radical (unpaired) electrons. The monoisotopic (exact) mass is 303 g/mol. The van der Waals surface area contributed by atoms with Crippen molar-refractivity contribution in [3.63, 3.8) is 0 Å². The van der Waals surface area contributed by atoms with E-state index in [1.165, 1.54) is 7.11 Å². The van der Waals surface area contributed by atoms with Gasteiger partial charge in [0.1, 0.15) is 0 Å². The summed E-state index contributed by atoms with van der Waals surface area (Å²) in [7, 11) is 1.52. The Morgan fingerprint density at radius 3 is 2.33 bits per heavy atom. The zero-order chi connectivity index (χ0) is 15.8. The van der Waals surface area contributed by atoms with Crippen LogP contribution in [0, 0.1) is 11.6 Å². The summed E-state index contributed by atoms with van der Waals surface area (Å²) in [5.41, 5.74) is -1.05. The molecular formula is C13H15F2NO5. The van der Waals surface area contributed by atoms with E-state index in [4.69, 9.17) is 14.6 Å². The van der Waals surface area contributed by atoms with Crippen LogP contribution in [-0.4, -0.2) is 50.5 Å². The van der Waals surface area contributed by atoms with Crippen LogP contribution in [0.15, 0.2) is 12.1 Å². The molecule has 0 saturated heterocycles. The molecule has 1 aromatic carbocycles. The predicted molar refractivity (Wildman–Crippen MR) is 68.3 cm³/mol. The largest absolute Gasteiger partial charge is 0.478 e. The SMILES string of the molecule is COCCOCCNC(=O)c1cc(F)c(F)cc1C(=O)O. The third kappa shape index (κ3) is 5.09. The van der Waals surface area contributed by atoms with Crippen molar-refractivity contribution in [3.05, 3.63) is 34.9 Å². The molecule has 8 heteroatoms.